The molecule has 0 amide bonds. The number of rotatable bonds is 2. The van der Waals surface area contributed by atoms with Gasteiger partial charge < -0.3 is 14.9 Å². The first-order valence-electron chi connectivity index (χ1n) is 5.18. The molecule has 2 N–H and O–H groups in total. The molecule has 7 heteroatoms. The fraction of sp³-hybridized carbons (Fsp3) is 0.545. The highest BCUT2D eigenvalue weighted by molar-refractivity contribution is 5.87. The summed E-state index contributed by atoms with van der Waals surface area (Å²) in [5.41, 5.74) is 4.09. The Hall–Kier alpha value is -1.50. The highest BCUT2D eigenvalue weighted by atomic mass is 19.4. The maximum absolute atomic E-state index is 12.5. The highest BCUT2D eigenvalue weighted by Crippen LogP contribution is 2.34. The molecule has 0 saturated heterocycles. The molecule has 0 aliphatic carbocycles. The number of carbonyl (C=O) groups is 1. The van der Waals surface area contributed by atoms with Crippen LogP contribution in [0, 0.1) is 0 Å². The minimum atomic E-state index is -4.69. The third kappa shape index (κ3) is 3.49. The summed E-state index contributed by atoms with van der Waals surface area (Å²) in [4.78, 5) is 11.5. The van der Waals surface area contributed by atoms with Crippen molar-refractivity contribution >= 4 is 5.97 Å². The molecule has 102 valence electrons. The number of ether oxygens (including phenoxy) is 1. The maximum atomic E-state index is 12.5. The number of esters is 1. The van der Waals surface area contributed by atoms with E-state index in [1.807, 2.05) is 0 Å². The first-order chi connectivity index (χ1) is 8.04. The second-order valence-corrected chi connectivity index (χ2v) is 4.67. The van der Waals surface area contributed by atoms with Crippen LogP contribution in [-0.2, 0) is 17.5 Å². The summed E-state index contributed by atoms with van der Waals surface area (Å²) in [5.74, 6) is -2.71. The fourth-order valence-corrected chi connectivity index (χ4v) is 1.25. The average Bonchev–Trinajstić information content (AvgIpc) is 2.57. The van der Waals surface area contributed by atoms with E-state index in [2.05, 4.69) is 4.42 Å². The van der Waals surface area contributed by atoms with Crippen LogP contribution in [0.15, 0.2) is 10.5 Å². The van der Waals surface area contributed by atoms with Crippen LogP contribution >= 0.6 is 0 Å². The summed E-state index contributed by atoms with van der Waals surface area (Å²) < 4.78 is 47.1. The van der Waals surface area contributed by atoms with E-state index in [1.165, 1.54) is 0 Å². The summed E-state index contributed by atoms with van der Waals surface area (Å²) in [6.07, 6.45) is -4.69. The molecular formula is C11H14F3NO3. The van der Waals surface area contributed by atoms with Crippen molar-refractivity contribution in [1.29, 1.82) is 0 Å². The van der Waals surface area contributed by atoms with Crippen molar-refractivity contribution in [3.8, 4) is 0 Å². The van der Waals surface area contributed by atoms with E-state index in [4.69, 9.17) is 10.5 Å². The quantitative estimate of drug-likeness (QED) is 0.835. The zero-order chi connectivity index (χ0) is 14.1. The van der Waals surface area contributed by atoms with Gasteiger partial charge in [-0.05, 0) is 26.8 Å². The van der Waals surface area contributed by atoms with Crippen LogP contribution in [0.25, 0.3) is 0 Å². The van der Waals surface area contributed by atoms with E-state index in [9.17, 15) is 18.0 Å². The summed E-state index contributed by atoms with van der Waals surface area (Å²) >= 11 is 0. The molecule has 0 bridgehead atoms. The lowest BCUT2D eigenvalue weighted by molar-refractivity contribution is -0.154. The molecule has 1 aromatic rings. The number of hydrogen-bond donors (Lipinski definition) is 1. The molecule has 0 radical (unpaired) electrons. The third-order valence-corrected chi connectivity index (χ3v) is 1.89. The number of furan rings is 1. The lowest BCUT2D eigenvalue weighted by atomic mass is 10.2. The Morgan fingerprint density at radius 1 is 1.39 bits per heavy atom. The number of nitrogens with two attached hydrogens (primary N) is 1. The lowest BCUT2D eigenvalue weighted by Gasteiger charge is -2.18. The Balaban J connectivity index is 3.06. The minimum absolute atomic E-state index is 0.275. The standard InChI is InChI=1S/C11H14F3NO3/c1-10(2,3)18-9(16)7-4-6(5-15)8(17-7)11(12,13)14/h4H,5,15H2,1-3H3. The summed E-state index contributed by atoms with van der Waals surface area (Å²) in [6.45, 7) is 4.42. The van der Waals surface area contributed by atoms with Crippen LogP contribution in [0.3, 0.4) is 0 Å². The van der Waals surface area contributed by atoms with Gasteiger partial charge in [-0.1, -0.05) is 0 Å². The Morgan fingerprint density at radius 3 is 2.28 bits per heavy atom. The molecule has 0 aliphatic rings. The lowest BCUT2D eigenvalue weighted by Crippen LogP contribution is -2.23. The Bertz CT molecular complexity index is 443. The van der Waals surface area contributed by atoms with Crippen LogP contribution in [0.2, 0.25) is 0 Å². The van der Waals surface area contributed by atoms with Crippen molar-refractivity contribution in [2.75, 3.05) is 0 Å². The van der Waals surface area contributed by atoms with Crippen molar-refractivity contribution < 1.29 is 27.1 Å². The average molecular weight is 265 g/mol. The van der Waals surface area contributed by atoms with Gasteiger partial charge in [0, 0.05) is 12.1 Å². The van der Waals surface area contributed by atoms with Crippen LogP contribution in [0.1, 0.15) is 42.6 Å². The van der Waals surface area contributed by atoms with Gasteiger partial charge in [0.25, 0.3) is 0 Å². The molecule has 0 fully saturated rings. The molecule has 1 rings (SSSR count). The van der Waals surface area contributed by atoms with Crippen LogP contribution in [0.4, 0.5) is 13.2 Å². The number of halogens is 3. The van der Waals surface area contributed by atoms with Crippen LogP contribution in [-0.4, -0.2) is 11.6 Å². The minimum Gasteiger partial charge on any atom is -0.454 e. The Labute approximate surface area is 102 Å². The van der Waals surface area contributed by atoms with Gasteiger partial charge in [-0.25, -0.2) is 4.79 Å². The molecule has 0 atom stereocenters. The van der Waals surface area contributed by atoms with Crippen LogP contribution in [0.5, 0.6) is 0 Å². The van der Waals surface area contributed by atoms with Crippen molar-refractivity contribution in [3.05, 3.63) is 23.2 Å². The van der Waals surface area contributed by atoms with Gasteiger partial charge in [0.05, 0.1) is 0 Å². The second kappa shape index (κ2) is 4.64. The van der Waals surface area contributed by atoms with E-state index in [1.54, 1.807) is 20.8 Å². The molecule has 0 aliphatic heterocycles. The highest BCUT2D eigenvalue weighted by Gasteiger charge is 2.39. The SMILES string of the molecule is CC(C)(C)OC(=O)c1cc(CN)c(C(F)(F)F)o1. The molecule has 18 heavy (non-hydrogen) atoms. The van der Waals surface area contributed by atoms with Crippen molar-refractivity contribution in [2.45, 2.75) is 39.1 Å². The first-order valence-corrected chi connectivity index (χ1v) is 5.18. The van der Waals surface area contributed by atoms with E-state index >= 15 is 0 Å². The predicted octanol–water partition coefficient (Wildman–Crippen LogP) is 2.71. The Kier molecular flexibility index (Phi) is 3.75. The van der Waals surface area contributed by atoms with Crippen molar-refractivity contribution in [2.24, 2.45) is 5.73 Å². The fourth-order valence-electron chi connectivity index (χ4n) is 1.25. The molecule has 0 aromatic carbocycles. The molecule has 0 spiro atoms. The van der Waals surface area contributed by atoms with Gasteiger partial charge in [0.2, 0.25) is 11.5 Å². The maximum Gasteiger partial charge on any atom is 0.449 e. The van der Waals surface area contributed by atoms with Gasteiger partial charge in [0.1, 0.15) is 5.60 Å². The molecule has 1 aromatic heterocycles. The van der Waals surface area contributed by atoms with Gasteiger partial charge in [-0.2, -0.15) is 13.2 Å². The van der Waals surface area contributed by atoms with E-state index < -0.39 is 29.3 Å². The van der Waals surface area contributed by atoms with Crippen LogP contribution < -0.4 is 5.73 Å². The van der Waals surface area contributed by atoms with Gasteiger partial charge in [0.15, 0.2) is 0 Å². The number of carbonyl (C=O) groups excluding carboxylic acids is 1. The predicted molar refractivity (Wildman–Crippen MR) is 56.8 cm³/mol. The van der Waals surface area contributed by atoms with Crippen molar-refractivity contribution in [3.63, 3.8) is 0 Å². The molecule has 4 nitrogen and oxygen atoms in total. The normalized spacial score (nSPS) is 12.6. The number of hydrogen-bond acceptors (Lipinski definition) is 4. The third-order valence-electron chi connectivity index (χ3n) is 1.89. The summed E-state index contributed by atoms with van der Waals surface area (Å²) in [5, 5.41) is 0. The van der Waals surface area contributed by atoms with E-state index in [0.717, 1.165) is 6.07 Å². The zero-order valence-corrected chi connectivity index (χ0v) is 10.2. The first kappa shape index (κ1) is 14.6. The van der Waals surface area contributed by atoms with Gasteiger partial charge in [-0.15, -0.1) is 0 Å². The topological polar surface area (TPSA) is 65.5 Å². The molecule has 0 unspecified atom stereocenters. The summed E-state index contributed by atoms with van der Waals surface area (Å²) in [7, 11) is 0. The molecule has 1 heterocycles. The number of alkyl halides is 3. The smallest absolute Gasteiger partial charge is 0.449 e. The van der Waals surface area contributed by atoms with Crippen molar-refractivity contribution in [1.82, 2.24) is 0 Å². The second-order valence-electron chi connectivity index (χ2n) is 4.67. The van der Waals surface area contributed by atoms with Gasteiger partial charge >= 0.3 is 12.1 Å². The molecular weight excluding hydrogens is 251 g/mol. The Morgan fingerprint density at radius 2 is 1.94 bits per heavy atom. The zero-order valence-electron chi connectivity index (χ0n) is 10.2. The van der Waals surface area contributed by atoms with E-state index in [0.29, 0.717) is 0 Å². The largest absolute Gasteiger partial charge is 0.454 e. The summed E-state index contributed by atoms with van der Waals surface area (Å²) in [6, 6.07) is 0.955. The van der Waals surface area contributed by atoms with E-state index in [-0.39, 0.29) is 12.1 Å². The monoisotopic (exact) mass is 265 g/mol. The molecule has 0 saturated carbocycles. The van der Waals surface area contributed by atoms with Gasteiger partial charge in [-0.3, -0.25) is 0 Å².